The van der Waals surface area contributed by atoms with E-state index in [4.69, 9.17) is 5.11 Å². The van der Waals surface area contributed by atoms with Crippen molar-refractivity contribution >= 4 is 5.91 Å². The Labute approximate surface area is 71.7 Å². The molecule has 1 saturated carbocycles. The summed E-state index contributed by atoms with van der Waals surface area (Å²) in [7, 11) is 0. The molecular weight excluding hydrogens is 156 g/mol. The zero-order valence-electron chi connectivity index (χ0n) is 7.07. The molecule has 0 aromatic carbocycles. The van der Waals surface area contributed by atoms with Gasteiger partial charge in [-0.05, 0) is 12.8 Å². The van der Waals surface area contributed by atoms with Crippen LogP contribution in [0.5, 0.6) is 0 Å². The highest BCUT2D eigenvalue weighted by Gasteiger charge is 2.39. The maximum atomic E-state index is 11.3. The quantitative estimate of drug-likeness (QED) is 0.626. The van der Waals surface area contributed by atoms with Crippen molar-refractivity contribution in [2.24, 2.45) is 0 Å². The minimum absolute atomic E-state index is 0.135. The van der Waals surface area contributed by atoms with Crippen LogP contribution < -0.4 is 0 Å². The van der Waals surface area contributed by atoms with Gasteiger partial charge in [0.25, 0.3) is 0 Å². The first-order chi connectivity index (χ1) is 5.83. The molecule has 0 bridgehead atoms. The van der Waals surface area contributed by atoms with Gasteiger partial charge in [0.1, 0.15) is 0 Å². The van der Waals surface area contributed by atoms with Gasteiger partial charge in [0.2, 0.25) is 5.91 Å². The summed E-state index contributed by atoms with van der Waals surface area (Å²) in [6.07, 6.45) is 2.89. The Morgan fingerprint density at radius 3 is 2.83 bits per heavy atom. The van der Waals surface area contributed by atoms with Crippen molar-refractivity contribution in [3.63, 3.8) is 0 Å². The Balaban J connectivity index is 1.98. The second-order valence-corrected chi connectivity index (χ2v) is 3.40. The van der Waals surface area contributed by atoms with Gasteiger partial charge in [-0.15, -0.1) is 0 Å². The predicted molar refractivity (Wildman–Crippen MR) is 43.1 cm³/mol. The van der Waals surface area contributed by atoms with Gasteiger partial charge < -0.3 is 5.11 Å². The van der Waals surface area contributed by atoms with E-state index in [1.807, 2.05) is 10.0 Å². The highest BCUT2D eigenvalue weighted by Crippen LogP contribution is 2.31. The van der Waals surface area contributed by atoms with Gasteiger partial charge in [-0.1, -0.05) is 0 Å². The molecule has 1 aliphatic carbocycles. The second kappa shape index (κ2) is 3.03. The summed E-state index contributed by atoms with van der Waals surface area (Å²) in [5.74, 6) is 0.228. The smallest absolute Gasteiger partial charge is 0.238 e. The van der Waals surface area contributed by atoms with E-state index in [0.29, 0.717) is 19.0 Å². The fourth-order valence-electron chi connectivity index (χ4n) is 1.69. The molecule has 0 aromatic rings. The Morgan fingerprint density at radius 2 is 2.25 bits per heavy atom. The Morgan fingerprint density at radius 1 is 1.50 bits per heavy atom. The number of hydrogen-bond donors (Lipinski definition) is 1. The summed E-state index contributed by atoms with van der Waals surface area (Å²) in [5, 5.41) is 12.6. The minimum atomic E-state index is 0.135. The van der Waals surface area contributed by atoms with E-state index in [1.165, 1.54) is 0 Å². The Bertz CT molecular complexity index is 191. The van der Waals surface area contributed by atoms with E-state index in [2.05, 4.69) is 0 Å². The summed E-state index contributed by atoms with van der Waals surface area (Å²) in [4.78, 5) is 11.3. The Kier molecular flexibility index (Phi) is 2.02. The highest BCUT2D eigenvalue weighted by atomic mass is 16.3. The summed E-state index contributed by atoms with van der Waals surface area (Å²) in [6, 6.07) is 0.451. The first-order valence-electron chi connectivity index (χ1n) is 4.50. The maximum absolute atomic E-state index is 11.3. The fraction of sp³-hybridized carbons (Fsp3) is 0.875. The number of nitrogens with zero attached hydrogens (tertiary/aromatic N) is 2. The number of rotatable bonds is 3. The van der Waals surface area contributed by atoms with Crippen LogP contribution in [0.3, 0.4) is 0 Å². The summed E-state index contributed by atoms with van der Waals surface area (Å²) in [5.41, 5.74) is 0. The lowest BCUT2D eigenvalue weighted by Gasteiger charge is -2.26. The average Bonchev–Trinajstić information content (AvgIpc) is 2.80. The lowest BCUT2D eigenvalue weighted by Crippen LogP contribution is -2.42. The third-order valence-corrected chi connectivity index (χ3v) is 2.39. The molecule has 1 heterocycles. The first kappa shape index (κ1) is 8.01. The number of aliphatic hydroxyl groups excluding tert-OH is 1. The average molecular weight is 170 g/mol. The van der Waals surface area contributed by atoms with Gasteiger partial charge in [0, 0.05) is 25.6 Å². The fourth-order valence-corrected chi connectivity index (χ4v) is 1.69. The Hall–Kier alpha value is -0.610. The van der Waals surface area contributed by atoms with Crippen LogP contribution in [0.25, 0.3) is 0 Å². The third kappa shape index (κ3) is 1.32. The number of carbonyl (C=O) groups excluding carboxylic acids is 1. The minimum Gasteiger partial charge on any atom is -0.395 e. The van der Waals surface area contributed by atoms with E-state index < -0.39 is 0 Å². The van der Waals surface area contributed by atoms with Crippen LogP contribution in [-0.4, -0.2) is 46.8 Å². The second-order valence-electron chi connectivity index (χ2n) is 3.40. The maximum Gasteiger partial charge on any atom is 0.238 e. The van der Waals surface area contributed by atoms with Gasteiger partial charge in [-0.3, -0.25) is 9.80 Å². The molecule has 4 nitrogen and oxygen atoms in total. The van der Waals surface area contributed by atoms with E-state index in [9.17, 15) is 4.79 Å². The van der Waals surface area contributed by atoms with Crippen LogP contribution in [-0.2, 0) is 4.79 Å². The summed E-state index contributed by atoms with van der Waals surface area (Å²) >= 11 is 0. The molecule has 0 aromatic heterocycles. The van der Waals surface area contributed by atoms with E-state index in [1.54, 1.807) is 0 Å². The van der Waals surface area contributed by atoms with Gasteiger partial charge >= 0.3 is 0 Å². The normalized spacial score (nSPS) is 25.4. The molecule has 0 spiro atoms. The van der Waals surface area contributed by atoms with Crippen LogP contribution in [0.1, 0.15) is 19.3 Å². The molecule has 2 fully saturated rings. The van der Waals surface area contributed by atoms with Gasteiger partial charge in [0.05, 0.1) is 6.61 Å². The van der Waals surface area contributed by atoms with Crippen molar-refractivity contribution in [3.8, 4) is 0 Å². The zero-order valence-corrected chi connectivity index (χ0v) is 7.07. The largest absolute Gasteiger partial charge is 0.395 e. The zero-order chi connectivity index (χ0) is 8.55. The number of hydrazine groups is 1. The molecule has 1 amide bonds. The summed E-state index contributed by atoms with van der Waals surface area (Å²) in [6.45, 7) is 1.52. The monoisotopic (exact) mass is 170 g/mol. The number of aliphatic hydroxyl groups is 1. The van der Waals surface area contributed by atoms with Crippen molar-refractivity contribution in [3.05, 3.63) is 0 Å². The first-order valence-corrected chi connectivity index (χ1v) is 4.50. The van der Waals surface area contributed by atoms with Crippen molar-refractivity contribution in [1.82, 2.24) is 10.0 Å². The summed E-state index contributed by atoms with van der Waals surface area (Å²) < 4.78 is 0. The molecule has 1 saturated heterocycles. The predicted octanol–water partition coefficient (Wildman–Crippen LogP) is -0.410. The van der Waals surface area contributed by atoms with Crippen LogP contribution in [0.4, 0.5) is 0 Å². The number of carbonyl (C=O) groups is 1. The van der Waals surface area contributed by atoms with Gasteiger partial charge in [0.15, 0.2) is 0 Å². The lowest BCUT2D eigenvalue weighted by molar-refractivity contribution is -0.139. The SMILES string of the molecule is O=C1CCN(CCO)N1C1CC1. The lowest BCUT2D eigenvalue weighted by atomic mass is 10.4. The highest BCUT2D eigenvalue weighted by molar-refractivity contribution is 5.78. The van der Waals surface area contributed by atoms with E-state index in [0.717, 1.165) is 19.4 Å². The van der Waals surface area contributed by atoms with Crippen LogP contribution in [0.2, 0.25) is 0 Å². The standard InChI is InChI=1S/C8H14N2O2/c11-6-5-9-4-3-8(12)10(9)7-1-2-7/h7,11H,1-6H2. The topological polar surface area (TPSA) is 43.8 Å². The van der Waals surface area contributed by atoms with Crippen molar-refractivity contribution in [2.75, 3.05) is 19.7 Å². The molecule has 1 aliphatic heterocycles. The van der Waals surface area contributed by atoms with Crippen LogP contribution in [0.15, 0.2) is 0 Å². The van der Waals surface area contributed by atoms with Gasteiger partial charge in [-0.2, -0.15) is 0 Å². The van der Waals surface area contributed by atoms with E-state index >= 15 is 0 Å². The molecular formula is C8H14N2O2. The molecule has 0 unspecified atom stereocenters. The van der Waals surface area contributed by atoms with Gasteiger partial charge in [-0.25, -0.2) is 5.01 Å². The molecule has 0 atom stereocenters. The molecule has 2 rings (SSSR count). The molecule has 1 N–H and O–H groups in total. The van der Waals surface area contributed by atoms with Crippen molar-refractivity contribution < 1.29 is 9.90 Å². The van der Waals surface area contributed by atoms with Crippen LogP contribution >= 0.6 is 0 Å². The molecule has 68 valence electrons. The van der Waals surface area contributed by atoms with Crippen LogP contribution in [0, 0.1) is 0 Å². The van der Waals surface area contributed by atoms with E-state index in [-0.39, 0.29) is 12.5 Å². The number of hydrogen-bond acceptors (Lipinski definition) is 3. The third-order valence-electron chi connectivity index (χ3n) is 2.39. The molecule has 4 heteroatoms. The number of β-amino-alcohol motifs (C(OH)–C–C–N with tert-alkyl or cyclic N) is 1. The van der Waals surface area contributed by atoms with Crippen molar-refractivity contribution in [1.29, 1.82) is 0 Å². The number of amides is 1. The molecule has 0 radical (unpaired) electrons. The van der Waals surface area contributed by atoms with Crippen molar-refractivity contribution in [2.45, 2.75) is 25.3 Å². The molecule has 2 aliphatic rings. The molecule has 12 heavy (non-hydrogen) atoms.